The first-order chi connectivity index (χ1) is 10.0. The van der Waals surface area contributed by atoms with Crippen molar-refractivity contribution in [2.24, 2.45) is 5.92 Å². The van der Waals surface area contributed by atoms with Gasteiger partial charge in [0.2, 0.25) is 5.75 Å². The van der Waals surface area contributed by atoms with Crippen molar-refractivity contribution in [3.8, 4) is 5.75 Å². The van der Waals surface area contributed by atoms with E-state index in [4.69, 9.17) is 4.74 Å². The van der Waals surface area contributed by atoms with E-state index < -0.39 is 10.9 Å². The lowest BCUT2D eigenvalue weighted by Crippen LogP contribution is -2.26. The molecule has 1 fully saturated rings. The summed E-state index contributed by atoms with van der Waals surface area (Å²) in [7, 11) is 0. The number of rotatable bonds is 5. The van der Waals surface area contributed by atoms with Crippen LogP contribution in [-0.2, 0) is 0 Å². The highest BCUT2D eigenvalue weighted by Crippen LogP contribution is 2.36. The van der Waals surface area contributed by atoms with E-state index in [-0.39, 0.29) is 23.1 Å². The van der Waals surface area contributed by atoms with Gasteiger partial charge >= 0.3 is 11.7 Å². The van der Waals surface area contributed by atoms with E-state index >= 15 is 0 Å². The average molecular weight is 293 g/mol. The zero-order valence-electron chi connectivity index (χ0n) is 11.9. The molecule has 0 amide bonds. The second-order valence-corrected chi connectivity index (χ2v) is 5.40. The van der Waals surface area contributed by atoms with Gasteiger partial charge in [-0.25, -0.2) is 4.79 Å². The van der Waals surface area contributed by atoms with Crippen molar-refractivity contribution in [2.45, 2.75) is 45.1 Å². The molecule has 1 N–H and O–H groups in total. The van der Waals surface area contributed by atoms with Crippen molar-refractivity contribution >= 4 is 11.7 Å². The lowest BCUT2D eigenvalue weighted by molar-refractivity contribution is -0.386. The zero-order valence-corrected chi connectivity index (χ0v) is 11.9. The molecule has 0 aromatic heterocycles. The van der Waals surface area contributed by atoms with E-state index in [1.165, 1.54) is 18.2 Å². The van der Waals surface area contributed by atoms with Crippen LogP contribution < -0.4 is 4.74 Å². The molecule has 0 saturated heterocycles. The smallest absolute Gasteiger partial charge is 0.339 e. The van der Waals surface area contributed by atoms with Gasteiger partial charge in [-0.05, 0) is 31.2 Å². The van der Waals surface area contributed by atoms with Gasteiger partial charge in [-0.2, -0.15) is 0 Å². The maximum atomic E-state index is 11.3. The minimum atomic E-state index is -1.21. The van der Waals surface area contributed by atoms with E-state index in [1.54, 1.807) is 0 Å². The van der Waals surface area contributed by atoms with Crippen molar-refractivity contribution in [3.05, 3.63) is 33.9 Å². The quantitative estimate of drug-likeness (QED) is 0.661. The zero-order chi connectivity index (χ0) is 15.4. The maximum absolute atomic E-state index is 11.3. The molecule has 0 heterocycles. The van der Waals surface area contributed by atoms with E-state index in [1.807, 2.05) is 0 Å². The molecule has 0 bridgehead atoms. The number of carboxylic acids is 1. The summed E-state index contributed by atoms with van der Waals surface area (Å²) in [6.07, 6.45) is 4.67. The average Bonchev–Trinajstić information content (AvgIpc) is 2.47. The van der Waals surface area contributed by atoms with Crippen LogP contribution in [0, 0.1) is 16.0 Å². The molecular formula is C15H19NO5. The summed E-state index contributed by atoms with van der Waals surface area (Å²) in [5.41, 5.74) is -0.434. The number of carboxylic acid groups (broad SMARTS) is 1. The summed E-state index contributed by atoms with van der Waals surface area (Å²) in [4.78, 5) is 21.8. The second kappa shape index (κ2) is 6.56. The molecule has 1 aliphatic rings. The maximum Gasteiger partial charge on any atom is 0.339 e. The Morgan fingerprint density at radius 2 is 2.24 bits per heavy atom. The van der Waals surface area contributed by atoms with Crippen LogP contribution in [0.4, 0.5) is 5.69 Å². The number of nitro groups is 1. The first kappa shape index (κ1) is 15.3. The summed E-state index contributed by atoms with van der Waals surface area (Å²) in [5, 5.41) is 20.3. The Kier molecular flexibility index (Phi) is 4.77. The molecule has 1 aromatic rings. The van der Waals surface area contributed by atoms with Gasteiger partial charge in [0.25, 0.3) is 0 Å². The Labute approximate surface area is 122 Å². The SMILES string of the molecule is CCC1CCCC(Oc2c(C(=O)O)cccc2[N+](=O)[O-])C1. The Hall–Kier alpha value is -2.11. The summed E-state index contributed by atoms with van der Waals surface area (Å²) in [5.74, 6) is -0.784. The number of hydrogen-bond donors (Lipinski definition) is 1. The van der Waals surface area contributed by atoms with Crippen molar-refractivity contribution in [3.63, 3.8) is 0 Å². The van der Waals surface area contributed by atoms with Crippen LogP contribution in [0.25, 0.3) is 0 Å². The third kappa shape index (κ3) is 3.51. The molecule has 2 rings (SSSR count). The van der Waals surface area contributed by atoms with Crippen molar-refractivity contribution in [1.82, 2.24) is 0 Å². The molecule has 1 aliphatic carbocycles. The Balaban J connectivity index is 2.29. The summed E-state index contributed by atoms with van der Waals surface area (Å²) < 4.78 is 5.75. The van der Waals surface area contributed by atoms with E-state index in [2.05, 4.69) is 6.92 Å². The van der Waals surface area contributed by atoms with Crippen LogP contribution in [-0.4, -0.2) is 22.1 Å². The number of aromatic carboxylic acids is 1. The molecule has 6 nitrogen and oxygen atoms in total. The lowest BCUT2D eigenvalue weighted by Gasteiger charge is -2.29. The summed E-state index contributed by atoms with van der Waals surface area (Å²) >= 11 is 0. The Bertz CT molecular complexity index is 511. The molecule has 6 heteroatoms. The summed E-state index contributed by atoms with van der Waals surface area (Å²) in [6, 6.07) is 3.98. The van der Waals surface area contributed by atoms with Gasteiger partial charge in [-0.3, -0.25) is 10.1 Å². The second-order valence-electron chi connectivity index (χ2n) is 5.40. The van der Waals surface area contributed by atoms with Crippen LogP contribution in [0.15, 0.2) is 18.2 Å². The molecule has 2 atom stereocenters. The number of para-hydroxylation sites is 1. The van der Waals surface area contributed by atoms with Crippen molar-refractivity contribution < 1.29 is 19.6 Å². The highest BCUT2D eigenvalue weighted by atomic mass is 16.6. The van der Waals surface area contributed by atoms with Gasteiger partial charge in [-0.15, -0.1) is 0 Å². The Morgan fingerprint density at radius 1 is 1.48 bits per heavy atom. The monoisotopic (exact) mass is 293 g/mol. The normalized spacial score (nSPS) is 21.8. The molecular weight excluding hydrogens is 274 g/mol. The standard InChI is InChI=1S/C15H19NO5/c1-2-10-5-3-6-11(9-10)21-14-12(15(17)18)7-4-8-13(14)16(19)20/h4,7-8,10-11H,2-3,5-6,9H2,1H3,(H,17,18). The number of hydrogen-bond acceptors (Lipinski definition) is 4. The first-order valence-electron chi connectivity index (χ1n) is 7.20. The van der Waals surface area contributed by atoms with Crippen molar-refractivity contribution in [2.75, 3.05) is 0 Å². The topological polar surface area (TPSA) is 89.7 Å². The van der Waals surface area contributed by atoms with Gasteiger partial charge in [0.05, 0.1) is 11.0 Å². The van der Waals surface area contributed by atoms with Crippen LogP contribution in [0.2, 0.25) is 0 Å². The van der Waals surface area contributed by atoms with Crippen LogP contribution >= 0.6 is 0 Å². The third-order valence-electron chi connectivity index (χ3n) is 4.02. The van der Waals surface area contributed by atoms with Gasteiger partial charge < -0.3 is 9.84 Å². The van der Waals surface area contributed by atoms with Crippen LogP contribution in [0.1, 0.15) is 49.4 Å². The minimum Gasteiger partial charge on any atom is -0.483 e. The highest BCUT2D eigenvalue weighted by Gasteiger charge is 2.28. The summed E-state index contributed by atoms with van der Waals surface area (Å²) in [6.45, 7) is 2.11. The molecule has 1 saturated carbocycles. The predicted octanol–water partition coefficient (Wildman–Crippen LogP) is 3.64. The fourth-order valence-corrected chi connectivity index (χ4v) is 2.85. The molecule has 1 aromatic carbocycles. The van der Waals surface area contributed by atoms with Crippen LogP contribution in [0.5, 0.6) is 5.75 Å². The number of benzene rings is 1. The third-order valence-corrected chi connectivity index (χ3v) is 4.02. The molecule has 21 heavy (non-hydrogen) atoms. The van der Waals surface area contributed by atoms with Crippen LogP contribution in [0.3, 0.4) is 0 Å². The van der Waals surface area contributed by atoms with Gasteiger partial charge in [0.1, 0.15) is 5.56 Å². The predicted molar refractivity (Wildman–Crippen MR) is 76.7 cm³/mol. The molecule has 0 aliphatic heterocycles. The molecule has 0 spiro atoms. The number of carbonyl (C=O) groups is 1. The van der Waals surface area contributed by atoms with Gasteiger partial charge in [-0.1, -0.05) is 25.8 Å². The lowest BCUT2D eigenvalue weighted by atomic mass is 9.85. The van der Waals surface area contributed by atoms with E-state index in [9.17, 15) is 20.0 Å². The first-order valence-corrected chi connectivity index (χ1v) is 7.20. The van der Waals surface area contributed by atoms with Gasteiger partial charge in [0, 0.05) is 6.07 Å². The number of ether oxygens (including phenoxy) is 1. The minimum absolute atomic E-state index is 0.114. The Morgan fingerprint density at radius 3 is 2.86 bits per heavy atom. The van der Waals surface area contributed by atoms with E-state index in [0.29, 0.717) is 5.92 Å². The van der Waals surface area contributed by atoms with Crippen molar-refractivity contribution in [1.29, 1.82) is 0 Å². The number of nitro benzene ring substituents is 1. The van der Waals surface area contributed by atoms with E-state index in [0.717, 1.165) is 32.1 Å². The molecule has 0 radical (unpaired) electrons. The molecule has 114 valence electrons. The fraction of sp³-hybridized carbons (Fsp3) is 0.533. The van der Waals surface area contributed by atoms with Gasteiger partial charge in [0.15, 0.2) is 0 Å². The fourth-order valence-electron chi connectivity index (χ4n) is 2.85. The molecule has 2 unspecified atom stereocenters. The highest BCUT2D eigenvalue weighted by molar-refractivity contribution is 5.92. The largest absolute Gasteiger partial charge is 0.483 e. The number of nitrogens with zero attached hydrogens (tertiary/aromatic N) is 1.